The quantitative estimate of drug-likeness (QED) is 0.440. The van der Waals surface area contributed by atoms with Crippen molar-refractivity contribution in [1.82, 2.24) is 0 Å². The summed E-state index contributed by atoms with van der Waals surface area (Å²) in [6.45, 7) is 5.44. The lowest BCUT2D eigenvalue weighted by Crippen LogP contribution is -2.32. The van der Waals surface area contributed by atoms with Crippen molar-refractivity contribution in [3.05, 3.63) is 108 Å². The van der Waals surface area contributed by atoms with Crippen molar-refractivity contribution >= 4 is 23.4 Å². The molecule has 3 aromatic rings. The Balaban J connectivity index is 1.74. The van der Waals surface area contributed by atoms with Crippen molar-refractivity contribution in [2.24, 2.45) is 5.73 Å². The van der Waals surface area contributed by atoms with Crippen LogP contribution in [0.1, 0.15) is 35.8 Å². The number of urea groups is 1. The summed E-state index contributed by atoms with van der Waals surface area (Å²) in [4.78, 5) is 25.7. The van der Waals surface area contributed by atoms with Crippen LogP contribution in [0.4, 0.5) is 16.2 Å². The molecule has 4 rings (SSSR count). The fraction of sp³-hybridized carbons (Fsp3) is 0.154. The van der Waals surface area contributed by atoms with Gasteiger partial charge in [0.1, 0.15) is 11.9 Å². The van der Waals surface area contributed by atoms with Crippen LogP contribution >= 0.6 is 0 Å². The number of primary amides is 1. The highest BCUT2D eigenvalue weighted by Crippen LogP contribution is 2.43. The molecule has 1 heterocycles. The van der Waals surface area contributed by atoms with Crippen LogP contribution in [0.5, 0.6) is 0 Å². The van der Waals surface area contributed by atoms with Crippen LogP contribution < -0.4 is 10.6 Å². The zero-order valence-corrected chi connectivity index (χ0v) is 17.7. The van der Waals surface area contributed by atoms with Crippen LogP contribution in [0.25, 0.3) is 0 Å². The van der Waals surface area contributed by atoms with Gasteiger partial charge in [-0.3, -0.25) is 9.69 Å². The number of rotatable bonds is 5. The molecule has 32 heavy (non-hydrogen) atoms. The molecule has 0 saturated heterocycles. The van der Waals surface area contributed by atoms with Crippen LogP contribution in [0.3, 0.4) is 0 Å². The van der Waals surface area contributed by atoms with E-state index in [-0.39, 0.29) is 0 Å². The molecule has 0 aliphatic carbocycles. The van der Waals surface area contributed by atoms with Gasteiger partial charge in [0.2, 0.25) is 0 Å². The Hall–Kier alpha value is -4.06. The summed E-state index contributed by atoms with van der Waals surface area (Å²) in [5, 5.41) is 0. The second-order valence-corrected chi connectivity index (χ2v) is 7.54. The van der Waals surface area contributed by atoms with Crippen LogP contribution in [-0.2, 0) is 20.7 Å². The second kappa shape index (κ2) is 8.98. The number of benzene rings is 3. The lowest BCUT2D eigenvalue weighted by molar-refractivity contribution is -0.147. The summed E-state index contributed by atoms with van der Waals surface area (Å²) < 4.78 is 11.9. The zero-order chi connectivity index (χ0) is 22.7. The maximum Gasteiger partial charge on any atom is 0.323 e. The maximum absolute atomic E-state index is 12.4. The summed E-state index contributed by atoms with van der Waals surface area (Å²) in [5.41, 5.74) is 9.57. The van der Waals surface area contributed by atoms with Crippen LogP contribution in [0.15, 0.2) is 91.2 Å². The predicted octanol–water partition coefficient (Wildman–Crippen LogP) is 5.34. The van der Waals surface area contributed by atoms with E-state index >= 15 is 0 Å². The molecule has 0 fully saturated rings. The highest BCUT2D eigenvalue weighted by molar-refractivity contribution is 6.00. The molecular formula is C26H24N2O4. The fourth-order valence-electron chi connectivity index (χ4n) is 4.01. The lowest BCUT2D eigenvalue weighted by Gasteiger charge is -2.26. The molecule has 0 spiro atoms. The Morgan fingerprint density at radius 2 is 1.59 bits per heavy atom. The third-order valence-electron chi connectivity index (χ3n) is 5.35. The Morgan fingerprint density at radius 3 is 2.28 bits per heavy atom. The molecule has 1 aliphatic rings. The van der Waals surface area contributed by atoms with Crippen molar-refractivity contribution in [2.45, 2.75) is 25.6 Å². The summed E-state index contributed by atoms with van der Waals surface area (Å²) in [6, 6.07) is 23.8. The summed E-state index contributed by atoms with van der Waals surface area (Å²) in [6.07, 6.45) is -0.741. The molecule has 3 aromatic carbocycles. The van der Waals surface area contributed by atoms with Crippen molar-refractivity contribution in [3.63, 3.8) is 0 Å². The number of ether oxygens (including phenoxy) is 2. The monoisotopic (exact) mass is 428 g/mol. The minimum atomic E-state index is -0.758. The van der Waals surface area contributed by atoms with Gasteiger partial charge < -0.3 is 15.2 Å². The van der Waals surface area contributed by atoms with E-state index < -0.39 is 24.2 Å². The standard InChI is InChI=1S/C26H24N2O4/c1-17(25(32-18(2)29)19-10-4-3-5-11-19)31-24-16-20-12-6-8-14-22(20)28(26(27)30)23-15-9-7-13-21(23)24/h3-15,24-25H,1,16H2,2H3,(H2,27,30)/t24-,25-/m1/s1. The maximum atomic E-state index is 12.4. The minimum Gasteiger partial charge on any atom is -0.486 e. The van der Waals surface area contributed by atoms with Gasteiger partial charge in [-0.15, -0.1) is 0 Å². The van der Waals surface area contributed by atoms with Gasteiger partial charge in [-0.1, -0.05) is 73.3 Å². The first kappa shape index (κ1) is 21.2. The van der Waals surface area contributed by atoms with E-state index in [0.717, 1.165) is 16.7 Å². The number of fused-ring (bicyclic) bond motifs is 2. The van der Waals surface area contributed by atoms with Gasteiger partial charge in [0.25, 0.3) is 0 Å². The van der Waals surface area contributed by atoms with Crippen molar-refractivity contribution in [1.29, 1.82) is 0 Å². The molecule has 2 atom stereocenters. The summed E-state index contributed by atoms with van der Waals surface area (Å²) >= 11 is 0. The molecule has 0 unspecified atom stereocenters. The van der Waals surface area contributed by atoms with Crippen molar-refractivity contribution in [3.8, 4) is 0 Å². The topological polar surface area (TPSA) is 81.9 Å². The van der Waals surface area contributed by atoms with E-state index in [1.807, 2.05) is 78.9 Å². The third kappa shape index (κ3) is 4.21. The SMILES string of the molecule is C=C(O[C@@H]1Cc2ccccc2N(C(N)=O)c2ccccc21)[C@@H](OC(C)=O)c1ccccc1. The number of esters is 1. The molecule has 0 aromatic heterocycles. The van der Waals surface area contributed by atoms with Gasteiger partial charge >= 0.3 is 12.0 Å². The molecule has 0 radical (unpaired) electrons. The number of para-hydroxylation sites is 2. The fourth-order valence-corrected chi connectivity index (χ4v) is 4.01. The minimum absolute atomic E-state index is 0.302. The molecule has 0 bridgehead atoms. The molecule has 6 heteroatoms. The number of nitrogens with zero attached hydrogens (tertiary/aromatic N) is 1. The first-order chi connectivity index (χ1) is 15.5. The molecule has 2 N–H and O–H groups in total. The van der Waals surface area contributed by atoms with Gasteiger partial charge in [0.15, 0.2) is 6.10 Å². The number of anilines is 2. The molecule has 162 valence electrons. The number of hydrogen-bond donors (Lipinski definition) is 1. The van der Waals surface area contributed by atoms with E-state index in [1.165, 1.54) is 11.8 Å². The van der Waals surface area contributed by atoms with Crippen LogP contribution in [0, 0.1) is 0 Å². The highest BCUT2D eigenvalue weighted by atomic mass is 16.6. The van der Waals surface area contributed by atoms with E-state index in [1.54, 1.807) is 0 Å². The number of carbonyl (C=O) groups excluding carboxylic acids is 2. The number of nitrogens with two attached hydrogens (primary N) is 1. The Bertz CT molecular complexity index is 1160. The molecule has 6 nitrogen and oxygen atoms in total. The van der Waals surface area contributed by atoms with Gasteiger partial charge in [-0.25, -0.2) is 4.79 Å². The summed E-state index contributed by atoms with van der Waals surface area (Å²) in [7, 11) is 0. The Morgan fingerprint density at radius 1 is 0.969 bits per heavy atom. The zero-order valence-electron chi connectivity index (χ0n) is 17.7. The summed E-state index contributed by atoms with van der Waals surface area (Å²) in [5.74, 6) is -0.133. The first-order valence-corrected chi connectivity index (χ1v) is 10.3. The second-order valence-electron chi connectivity index (χ2n) is 7.54. The van der Waals surface area contributed by atoms with Crippen LogP contribution in [0.2, 0.25) is 0 Å². The first-order valence-electron chi connectivity index (χ1n) is 10.3. The smallest absolute Gasteiger partial charge is 0.323 e. The van der Waals surface area contributed by atoms with E-state index in [9.17, 15) is 9.59 Å². The van der Waals surface area contributed by atoms with Gasteiger partial charge in [-0.2, -0.15) is 0 Å². The molecule has 2 amide bonds. The number of amides is 2. The van der Waals surface area contributed by atoms with E-state index in [2.05, 4.69) is 6.58 Å². The highest BCUT2D eigenvalue weighted by Gasteiger charge is 2.32. The lowest BCUT2D eigenvalue weighted by atomic mass is 10.0. The van der Waals surface area contributed by atoms with Crippen molar-refractivity contribution < 1.29 is 19.1 Å². The molecule has 1 aliphatic heterocycles. The van der Waals surface area contributed by atoms with Gasteiger partial charge in [0, 0.05) is 24.5 Å². The Kier molecular flexibility index (Phi) is 5.94. The largest absolute Gasteiger partial charge is 0.486 e. The van der Waals surface area contributed by atoms with Crippen LogP contribution in [-0.4, -0.2) is 12.0 Å². The average molecular weight is 428 g/mol. The normalized spacial score (nSPS) is 15.5. The predicted molar refractivity (Wildman–Crippen MR) is 122 cm³/mol. The van der Waals surface area contributed by atoms with Gasteiger partial charge in [-0.05, 0) is 17.7 Å². The average Bonchev–Trinajstić information content (AvgIpc) is 2.92. The third-order valence-corrected chi connectivity index (χ3v) is 5.35. The van der Waals surface area contributed by atoms with Crippen molar-refractivity contribution in [2.75, 3.05) is 4.90 Å². The number of hydrogen-bond acceptors (Lipinski definition) is 4. The number of carbonyl (C=O) groups is 2. The molecular weight excluding hydrogens is 404 g/mol. The van der Waals surface area contributed by atoms with Gasteiger partial charge in [0.05, 0.1) is 11.4 Å². The van der Waals surface area contributed by atoms with E-state index in [0.29, 0.717) is 23.6 Å². The molecule has 0 saturated carbocycles. The van der Waals surface area contributed by atoms with E-state index in [4.69, 9.17) is 15.2 Å². The Labute approximate surface area is 186 Å².